The first-order valence-corrected chi connectivity index (χ1v) is 8.07. The molecule has 4 nitrogen and oxygen atoms in total. The molecule has 2 rings (SSSR count). The molecule has 3 N–H and O–H groups in total. The molecule has 5 heteroatoms. The molecule has 0 bridgehead atoms. The Balaban J connectivity index is 0.000000789. The Morgan fingerprint density at radius 2 is 1.82 bits per heavy atom. The molecule has 124 valence electrons. The highest BCUT2D eigenvalue weighted by Crippen LogP contribution is 2.16. The molecule has 22 heavy (non-hydrogen) atoms. The number of nitrogens with two attached hydrogens (primary N) is 1. The Labute approximate surface area is 138 Å². The van der Waals surface area contributed by atoms with Crippen LogP contribution in [-0.4, -0.2) is 18.6 Å². The molecule has 1 aliphatic rings. The van der Waals surface area contributed by atoms with Gasteiger partial charge < -0.3 is 15.8 Å². The van der Waals surface area contributed by atoms with E-state index in [1.807, 2.05) is 19.9 Å². The Hall–Kier alpha value is -1.52. The van der Waals surface area contributed by atoms with E-state index in [1.165, 1.54) is 6.42 Å². The normalized spacial score (nSPS) is 15.0. The third-order valence-corrected chi connectivity index (χ3v) is 2.61. The summed E-state index contributed by atoms with van der Waals surface area (Å²) in [5.74, 6) is 0.432. The molecule has 1 aromatic carbocycles. The van der Waals surface area contributed by atoms with Crippen LogP contribution in [0.25, 0.3) is 0 Å². The van der Waals surface area contributed by atoms with Crippen molar-refractivity contribution in [2.45, 2.75) is 46.6 Å². The van der Waals surface area contributed by atoms with Gasteiger partial charge in [-0.2, -0.15) is 0 Å². The quantitative estimate of drug-likeness (QED) is 0.882. The summed E-state index contributed by atoms with van der Waals surface area (Å²) in [5, 5.41) is 3.35. The summed E-state index contributed by atoms with van der Waals surface area (Å²) in [6, 6.07) is 6.93. The summed E-state index contributed by atoms with van der Waals surface area (Å²) in [5.41, 5.74) is 6.42. The summed E-state index contributed by atoms with van der Waals surface area (Å²) < 4.78 is 5.29. The van der Waals surface area contributed by atoms with Crippen molar-refractivity contribution < 1.29 is 9.53 Å². The van der Waals surface area contributed by atoms with Crippen LogP contribution in [0.1, 0.15) is 40.5 Å². The van der Waals surface area contributed by atoms with Crippen molar-refractivity contribution >= 4 is 17.5 Å². The van der Waals surface area contributed by atoms with Crippen LogP contribution in [0.4, 0.5) is 0 Å². The van der Waals surface area contributed by atoms with Gasteiger partial charge in [-0.3, -0.25) is 4.79 Å². The predicted molar refractivity (Wildman–Crippen MR) is 93.1 cm³/mol. The van der Waals surface area contributed by atoms with E-state index >= 15 is 0 Å². The van der Waals surface area contributed by atoms with Crippen LogP contribution in [0.3, 0.4) is 0 Å². The minimum absolute atomic E-state index is 0.0196. The average molecular weight is 327 g/mol. The van der Waals surface area contributed by atoms with Crippen LogP contribution < -0.4 is 15.8 Å². The van der Waals surface area contributed by atoms with Crippen molar-refractivity contribution in [2.75, 3.05) is 6.61 Å². The van der Waals surface area contributed by atoms with Gasteiger partial charge in [-0.25, -0.2) is 0 Å². The van der Waals surface area contributed by atoms with Crippen LogP contribution in [0.15, 0.2) is 36.0 Å². The van der Waals surface area contributed by atoms with Crippen LogP contribution in [-0.2, 0) is 4.79 Å². The second-order valence-corrected chi connectivity index (χ2v) is 4.99. The Morgan fingerprint density at radius 3 is 2.27 bits per heavy atom. The highest BCUT2D eigenvalue weighted by atomic mass is 35.5. The molecule has 0 aromatic heterocycles. The van der Waals surface area contributed by atoms with Crippen LogP contribution in [0.5, 0.6) is 5.75 Å². The van der Waals surface area contributed by atoms with Gasteiger partial charge in [0.2, 0.25) is 0 Å². The lowest BCUT2D eigenvalue weighted by Crippen LogP contribution is -2.37. The Kier molecular flexibility index (Phi) is 11.2. The summed E-state index contributed by atoms with van der Waals surface area (Å²) in [6.07, 6.45) is 3.78. The lowest BCUT2D eigenvalue weighted by molar-refractivity contribution is -0.122. The molecular weight excluding hydrogens is 300 g/mol. The van der Waals surface area contributed by atoms with Crippen molar-refractivity contribution in [1.82, 2.24) is 5.32 Å². The third kappa shape index (κ3) is 8.70. The maximum absolute atomic E-state index is 11.4. The number of nitrogens with one attached hydrogen (secondary N) is 1. The maximum atomic E-state index is 11.4. The second kappa shape index (κ2) is 12.1. The zero-order valence-corrected chi connectivity index (χ0v) is 14.6. The van der Waals surface area contributed by atoms with E-state index in [2.05, 4.69) is 19.2 Å². The largest absolute Gasteiger partial charge is 0.484 e. The first-order valence-electron chi connectivity index (χ1n) is 7.69. The SMILES string of the molecule is CC.CCC.NC1C=C(NC(=O)COc2ccc(Cl)cc2)C1. The van der Waals surface area contributed by atoms with E-state index in [9.17, 15) is 4.79 Å². The van der Waals surface area contributed by atoms with Crippen molar-refractivity contribution in [1.29, 1.82) is 0 Å². The molecule has 0 fully saturated rings. The average Bonchev–Trinajstić information content (AvgIpc) is 2.48. The molecule has 1 unspecified atom stereocenters. The molecule has 0 radical (unpaired) electrons. The van der Waals surface area contributed by atoms with E-state index in [4.69, 9.17) is 22.1 Å². The van der Waals surface area contributed by atoms with Crippen LogP contribution in [0, 0.1) is 0 Å². The third-order valence-electron chi connectivity index (χ3n) is 2.35. The van der Waals surface area contributed by atoms with E-state index in [-0.39, 0.29) is 18.6 Å². The number of hydrogen-bond acceptors (Lipinski definition) is 3. The van der Waals surface area contributed by atoms with Gasteiger partial charge in [-0.1, -0.05) is 45.7 Å². The Morgan fingerprint density at radius 1 is 1.32 bits per heavy atom. The lowest BCUT2D eigenvalue weighted by atomic mass is 10.0. The fourth-order valence-electron chi connectivity index (χ4n) is 1.47. The number of carbonyl (C=O) groups excluding carboxylic acids is 1. The molecule has 1 atom stereocenters. The van der Waals surface area contributed by atoms with Crippen molar-refractivity contribution in [3.63, 3.8) is 0 Å². The number of benzene rings is 1. The fourth-order valence-corrected chi connectivity index (χ4v) is 1.59. The maximum Gasteiger partial charge on any atom is 0.262 e. The van der Waals surface area contributed by atoms with E-state index < -0.39 is 0 Å². The van der Waals surface area contributed by atoms with Crippen LogP contribution in [0.2, 0.25) is 5.02 Å². The van der Waals surface area contributed by atoms with Crippen molar-refractivity contribution in [3.8, 4) is 5.75 Å². The minimum atomic E-state index is -0.182. The molecular formula is C17H27ClN2O2. The van der Waals surface area contributed by atoms with Gasteiger partial charge in [0, 0.05) is 23.2 Å². The molecule has 0 heterocycles. The predicted octanol–water partition coefficient (Wildman–Crippen LogP) is 3.89. The van der Waals surface area contributed by atoms with Crippen molar-refractivity contribution in [3.05, 3.63) is 41.1 Å². The number of ether oxygens (including phenoxy) is 1. The standard InChI is InChI=1S/C12H13ClN2O2.C3H8.C2H6/c13-8-1-3-11(4-2-8)17-7-12(16)15-10-5-9(14)6-10;1-3-2;1-2/h1-5,9H,6-7,14H2,(H,15,16);3H2,1-2H3;1-2H3. The molecule has 0 saturated heterocycles. The van der Waals surface area contributed by atoms with Gasteiger partial charge in [-0.15, -0.1) is 0 Å². The zero-order chi connectivity index (χ0) is 17.0. The second-order valence-electron chi connectivity index (χ2n) is 4.56. The van der Waals surface area contributed by atoms with Crippen LogP contribution >= 0.6 is 11.6 Å². The molecule has 1 aromatic rings. The molecule has 0 spiro atoms. The molecule has 0 saturated carbocycles. The Bertz CT molecular complexity index is 458. The highest BCUT2D eigenvalue weighted by molar-refractivity contribution is 6.30. The van der Waals surface area contributed by atoms with Crippen molar-refractivity contribution in [2.24, 2.45) is 5.73 Å². The van der Waals surface area contributed by atoms with E-state index in [0.717, 1.165) is 5.70 Å². The topological polar surface area (TPSA) is 64.3 Å². The van der Waals surface area contributed by atoms with Gasteiger partial charge in [0.15, 0.2) is 6.61 Å². The fraction of sp³-hybridized carbons (Fsp3) is 0.471. The lowest BCUT2D eigenvalue weighted by Gasteiger charge is -2.21. The summed E-state index contributed by atoms with van der Waals surface area (Å²) in [6.45, 7) is 8.23. The first-order chi connectivity index (χ1) is 10.5. The number of amides is 1. The minimum Gasteiger partial charge on any atom is -0.484 e. The summed E-state index contributed by atoms with van der Waals surface area (Å²) in [7, 11) is 0. The summed E-state index contributed by atoms with van der Waals surface area (Å²) in [4.78, 5) is 11.4. The summed E-state index contributed by atoms with van der Waals surface area (Å²) >= 11 is 5.73. The van der Waals surface area contributed by atoms with E-state index in [1.54, 1.807) is 24.3 Å². The monoisotopic (exact) mass is 326 g/mol. The number of hydrogen-bond donors (Lipinski definition) is 2. The number of rotatable bonds is 4. The van der Waals surface area contributed by atoms with E-state index in [0.29, 0.717) is 17.2 Å². The smallest absolute Gasteiger partial charge is 0.262 e. The van der Waals surface area contributed by atoms with Gasteiger partial charge in [0.1, 0.15) is 5.75 Å². The molecule has 1 amide bonds. The molecule has 0 aliphatic heterocycles. The molecule has 1 aliphatic carbocycles. The van der Waals surface area contributed by atoms with Gasteiger partial charge in [-0.05, 0) is 30.3 Å². The number of halogens is 1. The highest BCUT2D eigenvalue weighted by Gasteiger charge is 2.16. The van der Waals surface area contributed by atoms with Gasteiger partial charge >= 0.3 is 0 Å². The van der Waals surface area contributed by atoms with Gasteiger partial charge in [0.25, 0.3) is 5.91 Å². The zero-order valence-electron chi connectivity index (χ0n) is 13.9. The van der Waals surface area contributed by atoms with Gasteiger partial charge in [0.05, 0.1) is 0 Å². The first kappa shape index (κ1) is 20.5. The number of carbonyl (C=O) groups is 1.